The molecule has 0 bridgehead atoms. The molecule has 0 radical (unpaired) electrons. The second kappa shape index (κ2) is 3.74. The van der Waals surface area contributed by atoms with Gasteiger partial charge in [0.25, 0.3) is 0 Å². The van der Waals surface area contributed by atoms with E-state index in [1.165, 1.54) is 0 Å². The van der Waals surface area contributed by atoms with Crippen molar-refractivity contribution in [3.63, 3.8) is 0 Å². The lowest BCUT2D eigenvalue weighted by Gasteiger charge is -1.93. The molecule has 1 heterocycles. The van der Waals surface area contributed by atoms with Gasteiger partial charge in [-0.25, -0.2) is 9.97 Å². The number of hydrogen-bond acceptors (Lipinski definition) is 2. The first-order valence-corrected chi connectivity index (χ1v) is 3.85. The van der Waals surface area contributed by atoms with Crippen LogP contribution in [0.2, 0.25) is 0 Å². The zero-order chi connectivity index (χ0) is 7.40. The average Bonchev–Trinajstić information content (AvgIpc) is 2.05. The first-order chi connectivity index (χ1) is 4.86. The predicted octanol–water partition coefficient (Wildman–Crippen LogP) is 1.95. The van der Waals surface area contributed by atoms with Crippen LogP contribution in [0.3, 0.4) is 0 Å². The van der Waals surface area contributed by atoms with E-state index in [-0.39, 0.29) is 0 Å². The zero-order valence-electron chi connectivity index (χ0n) is 5.22. The second-order valence-electron chi connectivity index (χ2n) is 1.77. The lowest BCUT2D eigenvalue weighted by atomic mass is 10.4. The Morgan fingerprint density at radius 2 is 1.70 bits per heavy atom. The minimum absolute atomic E-state index is 0.350. The zero-order valence-corrected chi connectivity index (χ0v) is 6.73. The molecule has 0 unspecified atom stereocenters. The molecule has 1 rings (SSSR count). The summed E-state index contributed by atoms with van der Waals surface area (Å²) in [6.45, 7) is 0. The summed E-state index contributed by atoms with van der Waals surface area (Å²) in [4.78, 5) is 7.88. The number of aromatic nitrogens is 2. The number of alkyl halides is 2. The maximum absolute atomic E-state index is 5.51. The van der Waals surface area contributed by atoms with E-state index in [0.717, 1.165) is 5.56 Å². The molecule has 1 aromatic heterocycles. The normalized spacial score (nSPS) is 9.80. The van der Waals surface area contributed by atoms with Gasteiger partial charge in [-0.05, 0) is 0 Å². The quantitative estimate of drug-likeness (QED) is 0.645. The second-order valence-corrected chi connectivity index (χ2v) is 2.31. The van der Waals surface area contributed by atoms with Crippen molar-refractivity contribution in [1.29, 1.82) is 0 Å². The summed E-state index contributed by atoms with van der Waals surface area (Å²) in [5.41, 5.74) is 0.913. The van der Waals surface area contributed by atoms with Crippen LogP contribution < -0.4 is 0 Å². The number of rotatable bonds is 2. The Labute approximate surface area is 69.2 Å². The van der Waals surface area contributed by atoms with Crippen LogP contribution in [0.4, 0.5) is 0 Å². The van der Waals surface area contributed by atoms with Gasteiger partial charge in [0, 0.05) is 18.0 Å². The lowest BCUT2D eigenvalue weighted by Crippen LogP contribution is -1.91. The van der Waals surface area contributed by atoms with Crippen molar-refractivity contribution in [3.05, 3.63) is 23.8 Å². The smallest absolute Gasteiger partial charge is 0.142 e. The maximum atomic E-state index is 5.51. The molecule has 0 spiro atoms. The molecule has 4 heteroatoms. The third-order valence-electron chi connectivity index (χ3n) is 1.03. The van der Waals surface area contributed by atoms with Gasteiger partial charge in [-0.3, -0.25) is 0 Å². The average molecular weight is 177 g/mol. The number of hydrogen-bond donors (Lipinski definition) is 0. The first kappa shape index (κ1) is 7.76. The summed E-state index contributed by atoms with van der Waals surface area (Å²) in [6.07, 6.45) is 3.36. The van der Waals surface area contributed by atoms with Crippen LogP contribution in [0, 0.1) is 0 Å². The van der Waals surface area contributed by atoms with Crippen molar-refractivity contribution in [2.24, 2.45) is 0 Å². The minimum Gasteiger partial charge on any atom is -0.240 e. The lowest BCUT2D eigenvalue weighted by molar-refractivity contribution is 1.01. The van der Waals surface area contributed by atoms with Crippen molar-refractivity contribution < 1.29 is 0 Å². The van der Waals surface area contributed by atoms with Gasteiger partial charge in [0.1, 0.15) is 5.82 Å². The molecular formula is C6H6Cl2N2. The van der Waals surface area contributed by atoms with Gasteiger partial charge in [-0.15, -0.1) is 23.2 Å². The Hall–Kier alpha value is -0.340. The number of nitrogens with zero attached hydrogens (tertiary/aromatic N) is 2. The molecule has 0 fully saturated rings. The minimum atomic E-state index is 0.350. The Morgan fingerprint density at radius 1 is 1.10 bits per heavy atom. The Balaban J connectivity index is 2.80. The molecule has 0 amide bonds. The summed E-state index contributed by atoms with van der Waals surface area (Å²) >= 11 is 11.0. The van der Waals surface area contributed by atoms with E-state index in [4.69, 9.17) is 23.2 Å². The van der Waals surface area contributed by atoms with Gasteiger partial charge in [0.15, 0.2) is 0 Å². The van der Waals surface area contributed by atoms with Gasteiger partial charge in [0.05, 0.1) is 11.8 Å². The van der Waals surface area contributed by atoms with Crippen molar-refractivity contribution >= 4 is 23.2 Å². The van der Waals surface area contributed by atoms with Crippen LogP contribution in [0.5, 0.6) is 0 Å². The monoisotopic (exact) mass is 176 g/mol. The van der Waals surface area contributed by atoms with Gasteiger partial charge >= 0.3 is 0 Å². The molecule has 0 aromatic carbocycles. The molecule has 0 aliphatic rings. The van der Waals surface area contributed by atoms with E-state index in [2.05, 4.69) is 9.97 Å². The van der Waals surface area contributed by atoms with E-state index in [1.54, 1.807) is 12.4 Å². The standard InChI is InChI=1S/C6H6Cl2N2/c7-1-5-3-9-6(2-8)10-4-5/h3-4H,1-2H2. The highest BCUT2D eigenvalue weighted by atomic mass is 35.5. The van der Waals surface area contributed by atoms with E-state index in [0.29, 0.717) is 17.6 Å². The third-order valence-corrected chi connectivity index (χ3v) is 1.58. The van der Waals surface area contributed by atoms with Crippen LogP contribution >= 0.6 is 23.2 Å². The van der Waals surface area contributed by atoms with Gasteiger partial charge in [-0.1, -0.05) is 0 Å². The number of halogens is 2. The first-order valence-electron chi connectivity index (χ1n) is 2.78. The molecule has 54 valence electrons. The Bertz CT molecular complexity index is 174. The van der Waals surface area contributed by atoms with Crippen LogP contribution in [0.15, 0.2) is 12.4 Å². The van der Waals surface area contributed by atoms with E-state index >= 15 is 0 Å². The molecule has 0 saturated heterocycles. The Kier molecular flexibility index (Phi) is 2.90. The fraction of sp³-hybridized carbons (Fsp3) is 0.333. The molecular weight excluding hydrogens is 171 g/mol. The SMILES string of the molecule is ClCc1cnc(CCl)nc1. The Morgan fingerprint density at radius 3 is 2.10 bits per heavy atom. The topological polar surface area (TPSA) is 25.8 Å². The predicted molar refractivity (Wildman–Crippen MR) is 41.1 cm³/mol. The molecule has 0 aliphatic heterocycles. The highest BCUT2D eigenvalue weighted by Crippen LogP contribution is 2.00. The highest BCUT2D eigenvalue weighted by Gasteiger charge is 1.93. The van der Waals surface area contributed by atoms with Crippen LogP contribution in [-0.4, -0.2) is 9.97 Å². The van der Waals surface area contributed by atoms with Crippen LogP contribution in [0.1, 0.15) is 11.4 Å². The van der Waals surface area contributed by atoms with Crippen LogP contribution in [-0.2, 0) is 11.8 Å². The van der Waals surface area contributed by atoms with Gasteiger partial charge < -0.3 is 0 Å². The highest BCUT2D eigenvalue weighted by molar-refractivity contribution is 6.17. The van der Waals surface area contributed by atoms with Gasteiger partial charge in [-0.2, -0.15) is 0 Å². The summed E-state index contributed by atoms with van der Waals surface area (Å²) in [5, 5.41) is 0. The molecule has 0 N–H and O–H groups in total. The summed E-state index contributed by atoms with van der Waals surface area (Å²) < 4.78 is 0. The summed E-state index contributed by atoms with van der Waals surface area (Å²) in [7, 11) is 0. The van der Waals surface area contributed by atoms with Crippen molar-refractivity contribution in [2.75, 3.05) is 0 Å². The molecule has 2 nitrogen and oxygen atoms in total. The molecule has 0 saturated carbocycles. The molecule has 10 heavy (non-hydrogen) atoms. The van der Waals surface area contributed by atoms with Crippen molar-refractivity contribution in [2.45, 2.75) is 11.8 Å². The van der Waals surface area contributed by atoms with E-state index < -0.39 is 0 Å². The van der Waals surface area contributed by atoms with Gasteiger partial charge in [0.2, 0.25) is 0 Å². The molecule has 0 aliphatic carbocycles. The maximum Gasteiger partial charge on any atom is 0.142 e. The van der Waals surface area contributed by atoms with Crippen molar-refractivity contribution in [1.82, 2.24) is 9.97 Å². The fourth-order valence-electron chi connectivity index (χ4n) is 0.520. The molecule has 0 atom stereocenters. The summed E-state index contributed by atoms with van der Waals surface area (Å²) in [5.74, 6) is 1.43. The van der Waals surface area contributed by atoms with Crippen LogP contribution in [0.25, 0.3) is 0 Å². The fourth-order valence-corrected chi connectivity index (χ4v) is 0.796. The van der Waals surface area contributed by atoms with E-state index in [9.17, 15) is 0 Å². The largest absolute Gasteiger partial charge is 0.240 e. The molecule has 1 aromatic rings. The third kappa shape index (κ3) is 1.82. The van der Waals surface area contributed by atoms with Crippen molar-refractivity contribution in [3.8, 4) is 0 Å². The summed E-state index contributed by atoms with van der Waals surface area (Å²) in [6, 6.07) is 0. The van der Waals surface area contributed by atoms with E-state index in [1.807, 2.05) is 0 Å².